The van der Waals surface area contributed by atoms with E-state index in [-0.39, 0.29) is 12.8 Å². The average molecular weight is 615 g/mol. The summed E-state index contributed by atoms with van der Waals surface area (Å²) in [5.41, 5.74) is -3.13. The molecule has 1 heterocycles. The first kappa shape index (κ1) is 38.3. The molecule has 0 aromatic heterocycles. The molecule has 4 atom stereocenters. The summed E-state index contributed by atoms with van der Waals surface area (Å²) in [4.78, 5) is 78.5. The highest BCUT2D eigenvalue weighted by Crippen LogP contribution is 2.28. The molecule has 12 heteroatoms. The first-order valence-electron chi connectivity index (χ1n) is 15.7. The molecule has 3 N–H and O–H groups in total. The van der Waals surface area contributed by atoms with Crippen molar-refractivity contribution in [1.82, 2.24) is 0 Å². The van der Waals surface area contributed by atoms with Gasteiger partial charge in [-0.3, -0.25) is 14.4 Å². The van der Waals surface area contributed by atoms with Crippen LogP contribution in [0.4, 0.5) is 0 Å². The Balaban J connectivity index is 3.23. The second kappa shape index (κ2) is 21.1. The smallest absolute Gasteiger partial charge is 0.362 e. The summed E-state index contributed by atoms with van der Waals surface area (Å²) >= 11 is 0. The summed E-state index contributed by atoms with van der Waals surface area (Å²) in [7, 11) is 0. The van der Waals surface area contributed by atoms with Gasteiger partial charge in [-0.15, -0.1) is 0 Å². The van der Waals surface area contributed by atoms with E-state index < -0.39 is 78.8 Å². The van der Waals surface area contributed by atoms with Gasteiger partial charge in [0.05, 0.1) is 19.1 Å². The van der Waals surface area contributed by atoms with E-state index in [9.17, 15) is 44.1 Å². The summed E-state index contributed by atoms with van der Waals surface area (Å²) < 4.78 is 14.7. The number of unbranched alkanes of at least 4 members (excludes halogenated alkanes) is 12. The minimum absolute atomic E-state index is 0.106. The van der Waals surface area contributed by atoms with Crippen LogP contribution in [0.1, 0.15) is 117 Å². The number of rotatable bonds is 23. The van der Waals surface area contributed by atoms with Gasteiger partial charge in [0, 0.05) is 6.42 Å². The van der Waals surface area contributed by atoms with Gasteiger partial charge in [0.25, 0.3) is 5.60 Å². The van der Waals surface area contributed by atoms with Crippen LogP contribution < -0.4 is 0 Å². The zero-order valence-corrected chi connectivity index (χ0v) is 25.7. The lowest BCUT2D eigenvalue weighted by Crippen LogP contribution is -2.59. The van der Waals surface area contributed by atoms with Gasteiger partial charge in [0.2, 0.25) is 23.8 Å². The Morgan fingerprint density at radius 2 is 1.19 bits per heavy atom. The maximum absolute atomic E-state index is 13.9. The fraction of sp³-hybridized carbons (Fsp3) is 0.806. The number of hydrogen-bond acceptors (Lipinski definition) is 12. The third-order valence-corrected chi connectivity index (χ3v) is 7.60. The highest BCUT2D eigenvalue weighted by Gasteiger charge is 2.57. The summed E-state index contributed by atoms with van der Waals surface area (Å²) in [6.07, 6.45) is 8.01. The lowest BCUT2D eigenvalue weighted by molar-refractivity contribution is -0.196. The molecule has 1 fully saturated rings. The number of hydrogen-bond donors (Lipinski definition) is 3. The molecule has 0 aromatic carbocycles. The predicted octanol–water partition coefficient (Wildman–Crippen LogP) is 2.69. The number of carbonyl (C=O) groups is 6. The van der Waals surface area contributed by atoms with E-state index in [4.69, 9.17) is 14.2 Å². The number of Topliss-reactive ketones (excluding diaryl/α,β-unsaturated/α-hetero) is 3. The van der Waals surface area contributed by atoms with Crippen LogP contribution in [0.3, 0.4) is 0 Å². The van der Waals surface area contributed by atoms with Crippen LogP contribution in [-0.4, -0.2) is 88.2 Å². The minimum atomic E-state index is -3.13. The van der Waals surface area contributed by atoms with Crippen molar-refractivity contribution in [2.24, 2.45) is 5.92 Å². The largest absolute Gasteiger partial charge is 0.445 e. The molecule has 0 bridgehead atoms. The Morgan fingerprint density at radius 3 is 1.70 bits per heavy atom. The van der Waals surface area contributed by atoms with Crippen molar-refractivity contribution < 1.29 is 58.3 Å². The Morgan fingerprint density at radius 1 is 0.698 bits per heavy atom. The van der Waals surface area contributed by atoms with Crippen LogP contribution in [0.25, 0.3) is 0 Å². The van der Waals surface area contributed by atoms with Crippen molar-refractivity contribution in [3.63, 3.8) is 0 Å². The van der Waals surface area contributed by atoms with E-state index in [0.717, 1.165) is 70.6 Å². The topological polar surface area (TPSA) is 191 Å². The van der Waals surface area contributed by atoms with E-state index in [0.29, 0.717) is 19.3 Å². The van der Waals surface area contributed by atoms with Crippen LogP contribution in [0, 0.1) is 5.92 Å². The molecule has 43 heavy (non-hydrogen) atoms. The first-order valence-corrected chi connectivity index (χ1v) is 15.7. The number of cyclic esters (lactones) is 3. The number of carbonyl (C=O) groups excluding carboxylic acids is 6. The van der Waals surface area contributed by atoms with Crippen LogP contribution in [-0.2, 0) is 43.0 Å². The Hall–Kier alpha value is -2.70. The van der Waals surface area contributed by atoms with Gasteiger partial charge >= 0.3 is 17.9 Å². The molecule has 0 spiro atoms. The normalized spacial score (nSPS) is 21.6. The third-order valence-electron chi connectivity index (χ3n) is 7.60. The van der Waals surface area contributed by atoms with Crippen LogP contribution in [0.5, 0.6) is 0 Å². The molecule has 1 aliphatic heterocycles. The third kappa shape index (κ3) is 12.1. The molecule has 0 saturated carbocycles. The number of ether oxygens (including phenoxy) is 3. The van der Waals surface area contributed by atoms with Crippen molar-refractivity contribution in [3.8, 4) is 0 Å². The molecule has 4 unspecified atom stereocenters. The summed E-state index contributed by atoms with van der Waals surface area (Å²) in [6, 6.07) is 0. The van der Waals surface area contributed by atoms with Gasteiger partial charge in [-0.1, -0.05) is 97.3 Å². The highest BCUT2D eigenvalue weighted by atomic mass is 16.7. The van der Waals surface area contributed by atoms with E-state index in [2.05, 4.69) is 13.8 Å². The molecule has 1 saturated heterocycles. The van der Waals surface area contributed by atoms with Crippen molar-refractivity contribution in [3.05, 3.63) is 0 Å². The minimum Gasteiger partial charge on any atom is -0.445 e. The van der Waals surface area contributed by atoms with Crippen molar-refractivity contribution in [1.29, 1.82) is 0 Å². The average Bonchev–Trinajstić information content (AvgIpc) is 3.04. The number of aliphatic hydroxyl groups is 3. The van der Waals surface area contributed by atoms with Crippen LogP contribution in [0.15, 0.2) is 0 Å². The molecular weight excluding hydrogens is 564 g/mol. The molecule has 0 radical (unpaired) electrons. The zero-order valence-electron chi connectivity index (χ0n) is 25.7. The molecule has 1 rings (SSSR count). The molecule has 0 aliphatic carbocycles. The van der Waals surface area contributed by atoms with Gasteiger partial charge in [-0.25, -0.2) is 14.4 Å². The number of ketones is 3. The van der Waals surface area contributed by atoms with Gasteiger partial charge < -0.3 is 29.5 Å². The Labute approximate surface area is 253 Å². The maximum atomic E-state index is 13.9. The van der Waals surface area contributed by atoms with Gasteiger partial charge in [0.15, 0.2) is 5.78 Å². The lowest BCUT2D eigenvalue weighted by atomic mass is 9.81. The van der Waals surface area contributed by atoms with Crippen molar-refractivity contribution in [2.45, 2.75) is 134 Å². The predicted molar refractivity (Wildman–Crippen MR) is 154 cm³/mol. The molecule has 12 nitrogen and oxygen atoms in total. The van der Waals surface area contributed by atoms with Gasteiger partial charge in [-0.05, 0) is 12.8 Å². The second-order valence-corrected chi connectivity index (χ2v) is 11.1. The summed E-state index contributed by atoms with van der Waals surface area (Å²) in [5.74, 6) is -9.65. The summed E-state index contributed by atoms with van der Waals surface area (Å²) in [6.45, 7) is 0.504. The fourth-order valence-corrected chi connectivity index (χ4v) is 4.89. The van der Waals surface area contributed by atoms with Gasteiger partial charge in [0.1, 0.15) is 6.61 Å². The maximum Gasteiger partial charge on any atom is 0.362 e. The lowest BCUT2D eigenvalue weighted by Gasteiger charge is -2.31. The van der Waals surface area contributed by atoms with E-state index in [1.807, 2.05) is 0 Å². The molecule has 246 valence electrons. The van der Waals surface area contributed by atoms with Crippen LogP contribution >= 0.6 is 0 Å². The molecule has 0 amide bonds. The van der Waals surface area contributed by atoms with Crippen molar-refractivity contribution >= 4 is 35.3 Å². The zero-order chi connectivity index (χ0) is 32.3. The molecule has 0 aromatic rings. The molecule has 1 aliphatic rings. The highest BCUT2D eigenvalue weighted by molar-refractivity contribution is 6.42. The number of aliphatic hydroxyl groups excluding tert-OH is 3. The number of esters is 3. The quantitative estimate of drug-likeness (QED) is 0.0502. The van der Waals surface area contributed by atoms with Crippen LogP contribution in [0.2, 0.25) is 0 Å². The van der Waals surface area contributed by atoms with E-state index in [1.54, 1.807) is 0 Å². The second-order valence-electron chi connectivity index (χ2n) is 11.1. The monoisotopic (exact) mass is 614 g/mol. The van der Waals surface area contributed by atoms with Gasteiger partial charge in [-0.2, -0.15) is 0 Å². The van der Waals surface area contributed by atoms with E-state index in [1.165, 1.54) is 0 Å². The first-order chi connectivity index (χ1) is 20.6. The SMILES string of the molecule is CCCCCCCCCC(=O)C(=O)C(CCCCCCCCC)C(=O)C1(CO)OC(=O)C(CO)OC(=O)C(CO)OC1=O. The standard InChI is InChI=1S/C31H50O12/c1-3-5-7-9-11-13-15-17-22(26(36)23(35)18-16-14-12-10-8-6-4-2)27(37)31(21-34)30(40)42-24(19-32)28(38)41-25(20-33)29(39)43-31/h22,24-25,32-34H,3-21H2,1-2H3. The summed E-state index contributed by atoms with van der Waals surface area (Å²) in [5, 5.41) is 29.3. The Kier molecular flexibility index (Phi) is 18.8. The van der Waals surface area contributed by atoms with E-state index >= 15 is 0 Å². The Bertz CT molecular complexity index is 914. The van der Waals surface area contributed by atoms with Crippen molar-refractivity contribution in [2.75, 3.05) is 19.8 Å². The fourth-order valence-electron chi connectivity index (χ4n) is 4.89. The molecular formula is C31H50O12.